The summed E-state index contributed by atoms with van der Waals surface area (Å²) >= 11 is 5.62. The molecular formula is C14H7ClFNO2. The highest BCUT2D eigenvalue weighted by atomic mass is 35.5. The Morgan fingerprint density at radius 3 is 2.42 bits per heavy atom. The summed E-state index contributed by atoms with van der Waals surface area (Å²) in [6.07, 6.45) is 0. The van der Waals surface area contributed by atoms with Gasteiger partial charge in [0.25, 0.3) is 11.7 Å². The molecule has 2 aromatic rings. The Balaban J connectivity index is 2.10. The number of benzene rings is 2. The lowest BCUT2D eigenvalue weighted by molar-refractivity contribution is -0.112. The summed E-state index contributed by atoms with van der Waals surface area (Å²) in [6.45, 7) is 0. The van der Waals surface area contributed by atoms with Gasteiger partial charge in [0.15, 0.2) is 0 Å². The number of fused-ring (bicyclic) bond motifs is 1. The van der Waals surface area contributed by atoms with Gasteiger partial charge in [0.1, 0.15) is 5.82 Å². The minimum atomic E-state index is -0.644. The number of carbonyl (C=O) groups excluding carboxylic acids is 2. The number of nitrogens with one attached hydrogen (secondary N) is 1. The lowest BCUT2D eigenvalue weighted by Crippen LogP contribution is -2.12. The van der Waals surface area contributed by atoms with E-state index in [1.165, 1.54) is 12.1 Å². The Hall–Kier alpha value is -2.20. The Bertz CT molecular complexity index is 727. The zero-order chi connectivity index (χ0) is 13.6. The predicted molar refractivity (Wildman–Crippen MR) is 69.8 cm³/mol. The largest absolute Gasteiger partial charge is 0.318 e. The van der Waals surface area contributed by atoms with Gasteiger partial charge in [-0.05, 0) is 35.4 Å². The van der Waals surface area contributed by atoms with E-state index < -0.39 is 17.5 Å². The maximum Gasteiger partial charge on any atom is 0.296 e. The van der Waals surface area contributed by atoms with E-state index in [4.69, 9.17) is 11.6 Å². The molecule has 0 fully saturated rings. The van der Waals surface area contributed by atoms with Crippen LogP contribution in [0.3, 0.4) is 0 Å². The summed E-state index contributed by atoms with van der Waals surface area (Å²) < 4.78 is 13.4. The molecule has 94 valence electrons. The molecule has 0 spiro atoms. The number of hydrogen-bond donors (Lipinski definition) is 1. The van der Waals surface area contributed by atoms with Crippen molar-refractivity contribution in [1.29, 1.82) is 0 Å². The second-order valence-corrected chi connectivity index (χ2v) is 4.58. The van der Waals surface area contributed by atoms with Crippen LogP contribution in [0.2, 0.25) is 5.02 Å². The molecule has 0 aliphatic carbocycles. The van der Waals surface area contributed by atoms with Crippen LogP contribution in [0, 0.1) is 5.82 Å². The monoisotopic (exact) mass is 275 g/mol. The topological polar surface area (TPSA) is 46.2 Å². The smallest absolute Gasteiger partial charge is 0.296 e. The van der Waals surface area contributed by atoms with Gasteiger partial charge in [-0.2, -0.15) is 0 Å². The molecule has 1 N–H and O–H groups in total. The number of anilines is 1. The Kier molecular flexibility index (Phi) is 2.61. The molecule has 2 aromatic carbocycles. The van der Waals surface area contributed by atoms with E-state index in [1.807, 2.05) is 0 Å². The fraction of sp³-hybridized carbons (Fsp3) is 0. The van der Waals surface area contributed by atoms with Crippen LogP contribution < -0.4 is 5.32 Å². The predicted octanol–water partition coefficient (Wildman–Crippen LogP) is 3.28. The van der Waals surface area contributed by atoms with Crippen molar-refractivity contribution in [2.75, 3.05) is 5.32 Å². The average molecular weight is 276 g/mol. The van der Waals surface area contributed by atoms with E-state index in [9.17, 15) is 14.0 Å². The minimum absolute atomic E-state index is 0.0397. The highest BCUT2D eigenvalue weighted by Gasteiger charge is 2.27. The van der Waals surface area contributed by atoms with Crippen molar-refractivity contribution in [2.24, 2.45) is 0 Å². The molecule has 0 aromatic heterocycles. The number of amides is 1. The van der Waals surface area contributed by atoms with E-state index in [-0.39, 0.29) is 5.02 Å². The van der Waals surface area contributed by atoms with E-state index in [0.29, 0.717) is 22.4 Å². The highest BCUT2D eigenvalue weighted by molar-refractivity contribution is 6.51. The number of halogens is 2. The van der Waals surface area contributed by atoms with Crippen molar-refractivity contribution < 1.29 is 14.0 Å². The molecule has 1 heterocycles. The number of rotatable bonds is 1. The quantitative estimate of drug-likeness (QED) is 0.812. The third kappa shape index (κ3) is 1.90. The zero-order valence-electron chi connectivity index (χ0n) is 9.54. The SMILES string of the molecule is O=C1Nc2ccc(-c3ccc(Cl)c(F)c3)cc2C1=O. The van der Waals surface area contributed by atoms with Gasteiger partial charge in [-0.15, -0.1) is 0 Å². The highest BCUT2D eigenvalue weighted by Crippen LogP contribution is 2.30. The van der Waals surface area contributed by atoms with Crippen LogP contribution in [0.1, 0.15) is 10.4 Å². The van der Waals surface area contributed by atoms with Crippen LogP contribution in [0.4, 0.5) is 10.1 Å². The number of ketones is 1. The number of carbonyl (C=O) groups is 2. The van der Waals surface area contributed by atoms with Gasteiger partial charge in [0.05, 0.1) is 16.3 Å². The molecule has 1 aliphatic heterocycles. The molecule has 1 aliphatic rings. The number of hydrogen-bond acceptors (Lipinski definition) is 2. The normalized spacial score (nSPS) is 13.4. The van der Waals surface area contributed by atoms with Gasteiger partial charge in [0, 0.05) is 0 Å². The standard InChI is InChI=1S/C14H7ClFNO2/c15-10-3-1-8(6-11(10)16)7-2-4-12-9(5-7)13(18)14(19)17-12/h1-6H,(H,17,18,19). The maximum atomic E-state index is 13.4. The fourth-order valence-corrected chi connectivity index (χ4v) is 2.12. The van der Waals surface area contributed by atoms with Crippen molar-refractivity contribution in [3.05, 3.63) is 52.8 Å². The molecule has 0 radical (unpaired) electrons. The molecule has 0 unspecified atom stereocenters. The second-order valence-electron chi connectivity index (χ2n) is 4.17. The van der Waals surface area contributed by atoms with Crippen LogP contribution in [-0.2, 0) is 4.79 Å². The first kappa shape index (κ1) is 11.9. The summed E-state index contributed by atoms with van der Waals surface area (Å²) in [6, 6.07) is 9.30. The Morgan fingerprint density at radius 2 is 1.68 bits per heavy atom. The van der Waals surface area contributed by atoms with Crippen LogP contribution in [0.5, 0.6) is 0 Å². The van der Waals surface area contributed by atoms with Gasteiger partial charge >= 0.3 is 0 Å². The van der Waals surface area contributed by atoms with Crippen molar-refractivity contribution in [1.82, 2.24) is 0 Å². The lowest BCUT2D eigenvalue weighted by Gasteiger charge is -2.05. The third-order valence-corrected chi connectivity index (χ3v) is 3.28. The van der Waals surface area contributed by atoms with Crippen LogP contribution >= 0.6 is 11.6 Å². The molecular weight excluding hydrogens is 269 g/mol. The van der Waals surface area contributed by atoms with E-state index in [1.54, 1.807) is 24.3 Å². The average Bonchev–Trinajstić information content (AvgIpc) is 2.68. The first-order valence-corrected chi connectivity index (χ1v) is 5.89. The van der Waals surface area contributed by atoms with Gasteiger partial charge in [0.2, 0.25) is 0 Å². The molecule has 0 saturated heterocycles. The third-order valence-electron chi connectivity index (χ3n) is 2.97. The van der Waals surface area contributed by atoms with Gasteiger partial charge in [-0.1, -0.05) is 23.7 Å². The summed E-state index contributed by atoms with van der Waals surface area (Å²) in [5.41, 5.74) is 2.03. The molecule has 3 nitrogen and oxygen atoms in total. The van der Waals surface area contributed by atoms with Crippen molar-refractivity contribution >= 4 is 29.0 Å². The summed E-state index contributed by atoms with van der Waals surface area (Å²) in [7, 11) is 0. The fourth-order valence-electron chi connectivity index (χ4n) is 2.00. The molecule has 0 saturated carbocycles. The van der Waals surface area contributed by atoms with Crippen LogP contribution in [0.25, 0.3) is 11.1 Å². The van der Waals surface area contributed by atoms with E-state index in [2.05, 4.69) is 5.32 Å². The van der Waals surface area contributed by atoms with Gasteiger partial charge in [-0.3, -0.25) is 9.59 Å². The second kappa shape index (κ2) is 4.17. The summed E-state index contributed by atoms with van der Waals surface area (Å²) in [4.78, 5) is 22.8. The number of Topliss-reactive ketones (excluding diaryl/α,β-unsaturated/α-hetero) is 1. The molecule has 0 atom stereocenters. The maximum absolute atomic E-state index is 13.4. The Morgan fingerprint density at radius 1 is 1.00 bits per heavy atom. The van der Waals surface area contributed by atoms with E-state index in [0.717, 1.165) is 0 Å². The minimum Gasteiger partial charge on any atom is -0.318 e. The van der Waals surface area contributed by atoms with Crippen molar-refractivity contribution in [3.8, 4) is 11.1 Å². The first-order chi connectivity index (χ1) is 9.06. The summed E-state index contributed by atoms with van der Waals surface area (Å²) in [5, 5.41) is 2.50. The van der Waals surface area contributed by atoms with Gasteiger partial charge in [-0.25, -0.2) is 4.39 Å². The van der Waals surface area contributed by atoms with Crippen molar-refractivity contribution in [2.45, 2.75) is 0 Å². The molecule has 5 heteroatoms. The molecule has 3 rings (SSSR count). The molecule has 1 amide bonds. The van der Waals surface area contributed by atoms with Crippen LogP contribution in [-0.4, -0.2) is 11.7 Å². The van der Waals surface area contributed by atoms with E-state index >= 15 is 0 Å². The molecule has 19 heavy (non-hydrogen) atoms. The first-order valence-electron chi connectivity index (χ1n) is 5.51. The van der Waals surface area contributed by atoms with Crippen LogP contribution in [0.15, 0.2) is 36.4 Å². The van der Waals surface area contributed by atoms with Gasteiger partial charge < -0.3 is 5.32 Å². The molecule has 0 bridgehead atoms. The van der Waals surface area contributed by atoms with Crippen molar-refractivity contribution in [3.63, 3.8) is 0 Å². The lowest BCUT2D eigenvalue weighted by atomic mass is 10.0. The summed E-state index contributed by atoms with van der Waals surface area (Å²) in [5.74, 6) is -1.75. The zero-order valence-corrected chi connectivity index (χ0v) is 10.3. The Labute approximate surface area is 113 Å².